The molecule has 2 aromatic rings. The van der Waals surface area contributed by atoms with Gasteiger partial charge in [0.2, 0.25) is 11.0 Å². The topological polar surface area (TPSA) is 67.8 Å². The number of carbonyl (C=O) groups excluding carboxylic acids is 1. The zero-order chi connectivity index (χ0) is 14.5. The summed E-state index contributed by atoms with van der Waals surface area (Å²) in [5.74, 6) is 0.760. The van der Waals surface area contributed by atoms with Crippen molar-refractivity contribution in [1.29, 1.82) is 0 Å². The quantitative estimate of drug-likeness (QED) is 0.826. The van der Waals surface area contributed by atoms with Crippen molar-refractivity contribution in [3.8, 4) is 0 Å². The molecule has 0 aromatic carbocycles. The smallest absolute Gasteiger partial charge is 0.233 e. The van der Waals surface area contributed by atoms with Gasteiger partial charge in [-0.3, -0.25) is 4.79 Å². The van der Waals surface area contributed by atoms with Gasteiger partial charge in [0.25, 0.3) is 0 Å². The average Bonchev–Trinajstić information content (AvgIpc) is 2.98. The molecule has 0 fully saturated rings. The molecule has 0 spiro atoms. The predicted octanol–water partition coefficient (Wildman–Crippen LogP) is 3.11. The van der Waals surface area contributed by atoms with E-state index in [1.165, 1.54) is 22.7 Å². The molecule has 0 atom stereocenters. The molecule has 0 radical (unpaired) electrons. The van der Waals surface area contributed by atoms with Crippen molar-refractivity contribution in [1.82, 2.24) is 15.2 Å². The van der Waals surface area contributed by atoms with Gasteiger partial charge in [-0.1, -0.05) is 25.2 Å². The minimum Gasteiger partial charge on any atom is -0.300 e. The molecule has 0 aliphatic carbocycles. The van der Waals surface area contributed by atoms with Crippen LogP contribution in [-0.2, 0) is 23.5 Å². The number of nitrogens with zero attached hydrogens (tertiary/aromatic N) is 3. The molecule has 0 bridgehead atoms. The summed E-state index contributed by atoms with van der Waals surface area (Å²) in [5.41, 5.74) is 0.801. The second kappa shape index (κ2) is 7.10. The second-order valence-corrected chi connectivity index (χ2v) is 6.96. The summed E-state index contributed by atoms with van der Waals surface area (Å²) < 4.78 is 0. The molecule has 1 amide bonds. The highest BCUT2D eigenvalue weighted by Gasteiger charge is 2.11. The van der Waals surface area contributed by atoms with E-state index < -0.39 is 0 Å². The standard InChI is InChI=1S/C12H15ClN4OS2/c1-7(2)3-11-16-17-12(20-11)15-9(18)4-10-14-8(5-13)6-19-10/h6-7H,3-5H2,1-2H3,(H,15,17,18). The summed E-state index contributed by atoms with van der Waals surface area (Å²) in [6, 6.07) is 0. The van der Waals surface area contributed by atoms with E-state index >= 15 is 0 Å². The lowest BCUT2D eigenvalue weighted by Crippen LogP contribution is -2.14. The van der Waals surface area contributed by atoms with Gasteiger partial charge < -0.3 is 5.32 Å². The van der Waals surface area contributed by atoms with Crippen molar-refractivity contribution in [2.75, 3.05) is 5.32 Å². The number of rotatable bonds is 6. The molecule has 5 nitrogen and oxygen atoms in total. The van der Waals surface area contributed by atoms with Crippen LogP contribution in [0, 0.1) is 5.92 Å². The van der Waals surface area contributed by atoms with Gasteiger partial charge >= 0.3 is 0 Å². The Morgan fingerprint density at radius 2 is 2.20 bits per heavy atom. The lowest BCUT2D eigenvalue weighted by molar-refractivity contribution is -0.115. The Kier molecular flexibility index (Phi) is 5.45. The van der Waals surface area contributed by atoms with E-state index in [0.717, 1.165) is 22.1 Å². The second-order valence-electron chi connectivity index (χ2n) is 4.69. The van der Waals surface area contributed by atoms with E-state index in [4.69, 9.17) is 11.6 Å². The Morgan fingerprint density at radius 3 is 2.85 bits per heavy atom. The first kappa shape index (κ1) is 15.3. The number of amides is 1. The highest BCUT2D eigenvalue weighted by atomic mass is 35.5. The van der Waals surface area contributed by atoms with Crippen LogP contribution < -0.4 is 5.32 Å². The lowest BCUT2D eigenvalue weighted by Gasteiger charge is -1.98. The maximum Gasteiger partial charge on any atom is 0.233 e. The molecule has 2 aromatic heterocycles. The third-order valence-corrected chi connectivity index (χ3v) is 4.38. The van der Waals surface area contributed by atoms with Crippen molar-refractivity contribution in [3.05, 3.63) is 21.1 Å². The van der Waals surface area contributed by atoms with Crippen molar-refractivity contribution < 1.29 is 4.79 Å². The number of alkyl halides is 1. The van der Waals surface area contributed by atoms with Crippen LogP contribution in [-0.4, -0.2) is 21.1 Å². The lowest BCUT2D eigenvalue weighted by atomic mass is 10.1. The summed E-state index contributed by atoms with van der Waals surface area (Å²) in [7, 11) is 0. The van der Waals surface area contributed by atoms with Crippen LogP contribution in [0.15, 0.2) is 5.38 Å². The van der Waals surface area contributed by atoms with Gasteiger partial charge in [-0.2, -0.15) is 0 Å². The van der Waals surface area contributed by atoms with Crippen LogP contribution in [0.25, 0.3) is 0 Å². The van der Waals surface area contributed by atoms with Gasteiger partial charge in [0.1, 0.15) is 10.0 Å². The Labute approximate surface area is 130 Å². The minimum atomic E-state index is -0.132. The van der Waals surface area contributed by atoms with Crippen LogP contribution in [0.5, 0.6) is 0 Å². The molecule has 0 aliphatic heterocycles. The summed E-state index contributed by atoms with van der Waals surface area (Å²) in [6.07, 6.45) is 1.11. The number of hydrogen-bond donors (Lipinski definition) is 1. The third kappa shape index (κ3) is 4.50. The van der Waals surface area contributed by atoms with Crippen LogP contribution in [0.2, 0.25) is 0 Å². The van der Waals surface area contributed by atoms with Gasteiger partial charge in [-0.15, -0.1) is 33.1 Å². The molecule has 108 valence electrons. The van der Waals surface area contributed by atoms with E-state index in [-0.39, 0.29) is 12.3 Å². The van der Waals surface area contributed by atoms with Gasteiger partial charge in [0.15, 0.2) is 0 Å². The fourth-order valence-corrected chi connectivity index (χ4v) is 3.52. The normalized spacial score (nSPS) is 11.0. The summed E-state index contributed by atoms with van der Waals surface area (Å²) in [5, 5.41) is 14.9. The summed E-state index contributed by atoms with van der Waals surface area (Å²) >= 11 is 8.53. The molecule has 0 unspecified atom stereocenters. The summed E-state index contributed by atoms with van der Waals surface area (Å²) in [6.45, 7) is 4.24. The Morgan fingerprint density at radius 1 is 1.40 bits per heavy atom. The molecule has 2 rings (SSSR count). The first-order valence-corrected chi connectivity index (χ1v) is 8.41. The first-order chi connectivity index (χ1) is 9.56. The van der Waals surface area contributed by atoms with Gasteiger partial charge in [-0.25, -0.2) is 4.98 Å². The maximum absolute atomic E-state index is 11.9. The largest absolute Gasteiger partial charge is 0.300 e. The number of nitrogens with one attached hydrogen (secondary N) is 1. The SMILES string of the molecule is CC(C)Cc1nnc(NC(=O)Cc2nc(CCl)cs2)s1. The molecule has 0 saturated carbocycles. The van der Waals surface area contributed by atoms with Crippen LogP contribution in [0.3, 0.4) is 0 Å². The van der Waals surface area contributed by atoms with Crippen molar-refractivity contribution >= 4 is 45.3 Å². The number of aromatic nitrogens is 3. The van der Waals surface area contributed by atoms with Crippen LogP contribution in [0.4, 0.5) is 5.13 Å². The molecular weight excluding hydrogens is 316 g/mol. The zero-order valence-corrected chi connectivity index (χ0v) is 13.6. The van der Waals surface area contributed by atoms with E-state index in [2.05, 4.69) is 34.3 Å². The van der Waals surface area contributed by atoms with E-state index in [0.29, 0.717) is 16.9 Å². The number of thiazole rings is 1. The molecule has 8 heteroatoms. The first-order valence-electron chi connectivity index (χ1n) is 6.18. The number of carbonyl (C=O) groups is 1. The van der Waals surface area contributed by atoms with Crippen molar-refractivity contribution in [2.24, 2.45) is 5.92 Å². The number of anilines is 1. The van der Waals surface area contributed by atoms with Gasteiger partial charge in [0, 0.05) is 11.8 Å². The average molecular weight is 331 g/mol. The van der Waals surface area contributed by atoms with Gasteiger partial charge in [0.05, 0.1) is 18.0 Å². The number of hydrogen-bond acceptors (Lipinski definition) is 6. The van der Waals surface area contributed by atoms with E-state index in [1.807, 2.05) is 5.38 Å². The molecule has 2 heterocycles. The Hall–Kier alpha value is -1.05. The predicted molar refractivity (Wildman–Crippen MR) is 82.5 cm³/mol. The molecule has 0 aliphatic rings. The monoisotopic (exact) mass is 330 g/mol. The van der Waals surface area contributed by atoms with Crippen LogP contribution >= 0.6 is 34.3 Å². The van der Waals surface area contributed by atoms with Crippen molar-refractivity contribution in [3.63, 3.8) is 0 Å². The highest BCUT2D eigenvalue weighted by molar-refractivity contribution is 7.15. The Balaban J connectivity index is 1.89. The van der Waals surface area contributed by atoms with Crippen molar-refractivity contribution in [2.45, 2.75) is 32.6 Å². The van der Waals surface area contributed by atoms with Crippen LogP contribution in [0.1, 0.15) is 29.6 Å². The third-order valence-electron chi connectivity index (χ3n) is 2.34. The van der Waals surface area contributed by atoms with E-state index in [9.17, 15) is 4.79 Å². The minimum absolute atomic E-state index is 0.132. The molecule has 1 N–H and O–H groups in total. The molecular formula is C12H15ClN4OS2. The zero-order valence-electron chi connectivity index (χ0n) is 11.2. The van der Waals surface area contributed by atoms with E-state index in [1.54, 1.807) is 0 Å². The fraction of sp³-hybridized carbons (Fsp3) is 0.500. The Bertz CT molecular complexity index is 582. The fourth-order valence-electron chi connectivity index (χ4n) is 1.53. The highest BCUT2D eigenvalue weighted by Crippen LogP contribution is 2.19. The number of halogens is 1. The molecule has 0 saturated heterocycles. The maximum atomic E-state index is 11.9. The van der Waals surface area contributed by atoms with Gasteiger partial charge in [-0.05, 0) is 5.92 Å². The summed E-state index contributed by atoms with van der Waals surface area (Å²) in [4.78, 5) is 16.1. The molecule has 20 heavy (non-hydrogen) atoms.